The highest BCUT2D eigenvalue weighted by Crippen LogP contribution is 2.44. The quantitative estimate of drug-likeness (QED) is 0.945. The van der Waals surface area contributed by atoms with Gasteiger partial charge >= 0.3 is 12.0 Å². The van der Waals surface area contributed by atoms with E-state index in [-0.39, 0.29) is 23.5 Å². The molecule has 6 heteroatoms. The van der Waals surface area contributed by atoms with E-state index in [1.807, 2.05) is 0 Å². The van der Waals surface area contributed by atoms with Gasteiger partial charge in [-0.05, 0) is 18.6 Å². The first-order valence-electron chi connectivity index (χ1n) is 7.14. The summed E-state index contributed by atoms with van der Waals surface area (Å²) in [4.78, 5) is 13.1. The number of anilines is 1. The van der Waals surface area contributed by atoms with Gasteiger partial charge in [0.25, 0.3) is 0 Å². The molecule has 0 spiro atoms. The molecule has 0 aliphatic carbocycles. The van der Waals surface area contributed by atoms with Crippen molar-refractivity contribution in [1.82, 2.24) is 0 Å². The van der Waals surface area contributed by atoms with Crippen molar-refractivity contribution in [3.05, 3.63) is 59.7 Å². The Morgan fingerprint density at radius 3 is 2.52 bits per heavy atom. The lowest BCUT2D eigenvalue weighted by Gasteiger charge is -2.35. The van der Waals surface area contributed by atoms with Gasteiger partial charge in [-0.1, -0.05) is 42.5 Å². The van der Waals surface area contributed by atoms with Gasteiger partial charge in [0.1, 0.15) is 0 Å². The van der Waals surface area contributed by atoms with Gasteiger partial charge in [0, 0.05) is 5.56 Å². The minimum absolute atomic E-state index is 0.00507. The molecule has 120 valence electrons. The first-order chi connectivity index (χ1) is 10.9. The molecule has 1 atom stereocenters. The zero-order valence-electron chi connectivity index (χ0n) is 12.4. The van der Waals surface area contributed by atoms with Crippen LogP contribution in [0.2, 0.25) is 0 Å². The second-order valence-corrected chi connectivity index (χ2v) is 5.37. The van der Waals surface area contributed by atoms with Crippen molar-refractivity contribution in [3.63, 3.8) is 0 Å². The van der Waals surface area contributed by atoms with Crippen LogP contribution in [0.3, 0.4) is 0 Å². The first kappa shape index (κ1) is 15.4. The summed E-state index contributed by atoms with van der Waals surface area (Å²) in [6.07, 6.45) is -4.96. The molecule has 23 heavy (non-hydrogen) atoms. The van der Waals surface area contributed by atoms with E-state index in [1.54, 1.807) is 36.4 Å². The van der Waals surface area contributed by atoms with Crippen molar-refractivity contribution < 1.29 is 23.4 Å². The Labute approximate surface area is 131 Å². The zero-order chi connectivity index (χ0) is 16.6. The number of aliphatic hydroxyl groups is 1. The normalized spacial score (nSPS) is 17.4. The van der Waals surface area contributed by atoms with E-state index < -0.39 is 18.1 Å². The van der Waals surface area contributed by atoms with E-state index in [4.69, 9.17) is 0 Å². The van der Waals surface area contributed by atoms with Crippen molar-refractivity contribution in [2.45, 2.75) is 25.7 Å². The van der Waals surface area contributed by atoms with Gasteiger partial charge in [0.15, 0.2) is 5.75 Å². The Hall–Kier alpha value is -2.47. The van der Waals surface area contributed by atoms with Crippen LogP contribution in [0.1, 0.15) is 24.2 Å². The molecule has 2 aromatic carbocycles. The van der Waals surface area contributed by atoms with Crippen LogP contribution in [0.15, 0.2) is 48.5 Å². The molecule has 4 nitrogen and oxygen atoms in total. The summed E-state index contributed by atoms with van der Waals surface area (Å²) in [6, 6.07) is 13.5. The number of ether oxygens (including phenoxy) is 1. The number of alkyl halides is 2. The number of hydrogen-bond acceptors (Lipinski definition) is 3. The number of fused-ring (bicyclic) bond motifs is 1. The minimum Gasteiger partial charge on any atom is -0.423 e. The third-order valence-electron chi connectivity index (χ3n) is 3.67. The van der Waals surface area contributed by atoms with Crippen molar-refractivity contribution in [1.29, 1.82) is 0 Å². The summed E-state index contributed by atoms with van der Waals surface area (Å²) in [5.74, 6) is -1.58. The Kier molecular flexibility index (Phi) is 3.77. The van der Waals surface area contributed by atoms with Crippen LogP contribution in [0.4, 0.5) is 14.5 Å². The lowest BCUT2D eigenvalue weighted by molar-refractivity contribution is -0.193. The van der Waals surface area contributed by atoms with Crippen LogP contribution in [-0.4, -0.2) is 17.1 Å². The highest BCUT2D eigenvalue weighted by molar-refractivity contribution is 6.01. The third kappa shape index (κ3) is 2.77. The van der Waals surface area contributed by atoms with Gasteiger partial charge in [-0.15, -0.1) is 0 Å². The summed E-state index contributed by atoms with van der Waals surface area (Å²) in [5, 5.41) is 9.76. The maximum Gasteiger partial charge on any atom is 0.483 e. The summed E-state index contributed by atoms with van der Waals surface area (Å²) in [5.41, 5.74) is 1.16. The number of benzene rings is 2. The lowest BCUT2D eigenvalue weighted by atomic mass is 10.1. The van der Waals surface area contributed by atoms with Gasteiger partial charge in [-0.25, -0.2) is 0 Å². The number of halogens is 2. The third-order valence-corrected chi connectivity index (χ3v) is 3.67. The van der Waals surface area contributed by atoms with Crippen LogP contribution < -0.4 is 9.64 Å². The number of amides is 1. The van der Waals surface area contributed by atoms with E-state index in [1.165, 1.54) is 19.1 Å². The fourth-order valence-corrected chi connectivity index (χ4v) is 2.56. The number of carbonyl (C=O) groups is 1. The number of hydrogen-bond donors (Lipinski definition) is 1. The van der Waals surface area contributed by atoms with Gasteiger partial charge < -0.3 is 9.84 Å². The highest BCUT2D eigenvalue weighted by Gasteiger charge is 2.51. The van der Waals surface area contributed by atoms with Crippen molar-refractivity contribution >= 4 is 11.6 Å². The van der Waals surface area contributed by atoms with Crippen LogP contribution in [0, 0.1) is 0 Å². The van der Waals surface area contributed by atoms with E-state index in [9.17, 15) is 18.7 Å². The minimum atomic E-state index is -3.97. The fourth-order valence-electron chi connectivity index (χ4n) is 2.56. The average molecular weight is 319 g/mol. The molecule has 0 bridgehead atoms. The lowest BCUT2D eigenvalue weighted by Crippen LogP contribution is -2.50. The molecule has 1 N–H and O–H groups in total. The van der Waals surface area contributed by atoms with Crippen LogP contribution in [0.25, 0.3) is 0 Å². The maximum absolute atomic E-state index is 14.0. The molecule has 1 aliphatic heterocycles. The molecule has 0 radical (unpaired) electrons. The molecular formula is C17H15F2NO3. The van der Waals surface area contributed by atoms with Gasteiger partial charge in [0.2, 0.25) is 0 Å². The smallest absolute Gasteiger partial charge is 0.423 e. The second-order valence-electron chi connectivity index (χ2n) is 5.37. The molecule has 0 saturated carbocycles. The second kappa shape index (κ2) is 5.62. The molecule has 0 saturated heterocycles. The van der Waals surface area contributed by atoms with E-state index in [0.29, 0.717) is 5.56 Å². The molecule has 0 unspecified atom stereocenters. The van der Waals surface area contributed by atoms with E-state index >= 15 is 0 Å². The maximum atomic E-state index is 14.0. The number of aliphatic hydroxyl groups excluding tert-OH is 1. The highest BCUT2D eigenvalue weighted by atomic mass is 19.3. The fraction of sp³-hybridized carbons (Fsp3) is 0.235. The predicted octanol–water partition coefficient (Wildman–Crippen LogP) is 3.26. The van der Waals surface area contributed by atoms with Gasteiger partial charge in [0.05, 0.1) is 18.3 Å². The molecule has 3 rings (SSSR count). The molecule has 2 aromatic rings. The van der Waals surface area contributed by atoms with Gasteiger partial charge in [-0.2, -0.15) is 8.78 Å². The summed E-state index contributed by atoms with van der Waals surface area (Å²) in [7, 11) is 0. The predicted molar refractivity (Wildman–Crippen MR) is 80.3 cm³/mol. The standard InChI is InChI=1S/C17H15F2NO3/c1-11(21)13-8-5-9-14-15(13)23-17(18,19)16(22)20(14)10-12-6-3-2-4-7-12/h2-9,11,21H,10H2,1H3/t11-/m1/s1. The molecule has 1 heterocycles. The van der Waals surface area contributed by atoms with Crippen LogP contribution in [-0.2, 0) is 11.3 Å². The molecule has 0 fully saturated rings. The number of nitrogens with zero attached hydrogens (tertiary/aromatic N) is 1. The van der Waals surface area contributed by atoms with Crippen LogP contribution in [0.5, 0.6) is 5.75 Å². The number of carbonyl (C=O) groups excluding carboxylic acids is 1. The van der Waals surface area contributed by atoms with E-state index in [2.05, 4.69) is 4.74 Å². The topological polar surface area (TPSA) is 49.8 Å². The van der Waals surface area contributed by atoms with Crippen molar-refractivity contribution in [3.8, 4) is 5.75 Å². The SMILES string of the molecule is C[C@@H](O)c1cccc2c1OC(F)(F)C(=O)N2Cc1ccccc1. The van der Waals surface area contributed by atoms with E-state index in [0.717, 1.165) is 4.90 Å². The number of rotatable bonds is 3. The number of para-hydroxylation sites is 1. The zero-order valence-corrected chi connectivity index (χ0v) is 12.4. The Morgan fingerprint density at radius 1 is 1.17 bits per heavy atom. The largest absolute Gasteiger partial charge is 0.483 e. The molecular weight excluding hydrogens is 304 g/mol. The summed E-state index contributed by atoms with van der Waals surface area (Å²) in [6.45, 7) is 1.45. The van der Waals surface area contributed by atoms with Gasteiger partial charge in [-0.3, -0.25) is 9.69 Å². The first-order valence-corrected chi connectivity index (χ1v) is 7.14. The Morgan fingerprint density at radius 2 is 1.87 bits per heavy atom. The van der Waals surface area contributed by atoms with Crippen molar-refractivity contribution in [2.75, 3.05) is 4.90 Å². The monoisotopic (exact) mass is 319 g/mol. The average Bonchev–Trinajstić information content (AvgIpc) is 2.52. The summed E-state index contributed by atoms with van der Waals surface area (Å²) < 4.78 is 32.6. The Bertz CT molecular complexity index is 732. The Balaban J connectivity index is 2.09. The molecule has 1 aliphatic rings. The molecule has 0 aromatic heterocycles. The van der Waals surface area contributed by atoms with Crippen LogP contribution >= 0.6 is 0 Å². The summed E-state index contributed by atoms with van der Waals surface area (Å²) >= 11 is 0. The molecule has 1 amide bonds. The van der Waals surface area contributed by atoms with Crippen molar-refractivity contribution in [2.24, 2.45) is 0 Å².